The smallest absolute Gasteiger partial charge is 0.291 e. The Kier molecular flexibility index (Phi) is 6.77. The zero-order valence-electron chi connectivity index (χ0n) is 17.4. The number of sulfonamides is 1. The maximum Gasteiger partial charge on any atom is 0.291 e. The second-order valence-electron chi connectivity index (χ2n) is 7.32. The average molecular weight is 449 g/mol. The van der Waals surface area contributed by atoms with Gasteiger partial charge in [-0.25, -0.2) is 9.37 Å². The molecule has 1 unspecified atom stereocenters. The molecule has 5 nitrogen and oxygen atoms in total. The Bertz CT molecular complexity index is 1110. The van der Waals surface area contributed by atoms with Gasteiger partial charge in [0.05, 0.1) is 12.2 Å². The topological polar surface area (TPSA) is 59.5 Å². The minimum absolute atomic E-state index is 0.0642. The summed E-state index contributed by atoms with van der Waals surface area (Å²) < 4.78 is 47.6. The lowest BCUT2D eigenvalue weighted by molar-refractivity contribution is 0.306. The summed E-state index contributed by atoms with van der Waals surface area (Å²) >= 11 is 1.02. The molecular formula is C22H25FN2O3S2. The largest absolute Gasteiger partial charge is 0.487 e. The van der Waals surface area contributed by atoms with Crippen LogP contribution in [0, 0.1) is 20.8 Å². The van der Waals surface area contributed by atoms with Gasteiger partial charge in [-0.15, -0.1) is 11.3 Å². The maximum absolute atomic E-state index is 14.0. The van der Waals surface area contributed by atoms with Crippen LogP contribution in [0.3, 0.4) is 0 Å². The van der Waals surface area contributed by atoms with E-state index in [2.05, 4.69) is 4.98 Å². The van der Waals surface area contributed by atoms with E-state index in [0.717, 1.165) is 32.3 Å². The van der Waals surface area contributed by atoms with Crippen molar-refractivity contribution >= 4 is 27.0 Å². The number of halogens is 1. The molecule has 0 fully saturated rings. The molecule has 0 bridgehead atoms. The van der Waals surface area contributed by atoms with E-state index in [1.54, 1.807) is 30.5 Å². The molecule has 0 saturated carbocycles. The van der Waals surface area contributed by atoms with Crippen LogP contribution in [0.25, 0.3) is 0 Å². The van der Waals surface area contributed by atoms with Crippen molar-refractivity contribution in [2.24, 2.45) is 0 Å². The van der Waals surface area contributed by atoms with Gasteiger partial charge >= 0.3 is 0 Å². The summed E-state index contributed by atoms with van der Waals surface area (Å²) in [4.78, 5) is 4.11. The summed E-state index contributed by atoms with van der Waals surface area (Å²) in [6.07, 6.45) is -1.37. The molecule has 0 aliphatic rings. The molecule has 2 aromatic carbocycles. The number of ether oxygens (including phenoxy) is 1. The van der Waals surface area contributed by atoms with Crippen LogP contribution in [0.5, 0.6) is 5.75 Å². The third kappa shape index (κ3) is 5.17. The molecule has 8 heteroatoms. The molecule has 0 saturated heterocycles. The summed E-state index contributed by atoms with van der Waals surface area (Å²) in [5, 5.41) is 1.66. The second kappa shape index (κ2) is 9.14. The molecule has 0 radical (unpaired) electrons. The maximum atomic E-state index is 14.0. The van der Waals surface area contributed by atoms with Crippen molar-refractivity contribution in [3.05, 3.63) is 70.2 Å². The second-order valence-corrected chi connectivity index (χ2v) is 10.2. The fraction of sp³-hybridized carbons (Fsp3) is 0.318. The number of hydrogen-bond acceptors (Lipinski definition) is 5. The van der Waals surface area contributed by atoms with E-state index in [-0.39, 0.29) is 17.5 Å². The van der Waals surface area contributed by atoms with E-state index < -0.39 is 16.2 Å². The minimum atomic E-state index is -4.03. The van der Waals surface area contributed by atoms with E-state index in [0.29, 0.717) is 17.1 Å². The first-order chi connectivity index (χ1) is 14.2. The lowest BCUT2D eigenvalue weighted by Crippen LogP contribution is -2.35. The van der Waals surface area contributed by atoms with Crippen LogP contribution in [0.2, 0.25) is 0 Å². The molecule has 0 aliphatic heterocycles. The highest BCUT2D eigenvalue weighted by Gasteiger charge is 2.31. The van der Waals surface area contributed by atoms with Gasteiger partial charge in [0.15, 0.2) is 0 Å². The third-order valence-electron chi connectivity index (χ3n) is 4.43. The summed E-state index contributed by atoms with van der Waals surface area (Å²) in [6.45, 7) is 6.89. The summed E-state index contributed by atoms with van der Waals surface area (Å²) in [5.41, 5.74) is 3.91. The Hall–Kier alpha value is -2.45. The Morgan fingerprint density at radius 1 is 1.10 bits per heavy atom. The van der Waals surface area contributed by atoms with E-state index in [1.807, 2.05) is 38.1 Å². The average Bonchev–Trinajstić information content (AvgIpc) is 3.13. The molecule has 30 heavy (non-hydrogen) atoms. The van der Waals surface area contributed by atoms with Crippen molar-refractivity contribution in [3.8, 4) is 5.75 Å². The van der Waals surface area contributed by atoms with Crippen molar-refractivity contribution in [1.82, 2.24) is 4.98 Å². The molecule has 3 aromatic rings. The predicted molar refractivity (Wildman–Crippen MR) is 119 cm³/mol. The number of alkyl halides is 1. The molecule has 1 atom stereocenters. The number of thiazole rings is 1. The Balaban J connectivity index is 2.00. The van der Waals surface area contributed by atoms with Gasteiger partial charge < -0.3 is 4.74 Å². The van der Waals surface area contributed by atoms with Crippen LogP contribution < -0.4 is 9.04 Å². The number of nitrogens with zero attached hydrogens (tertiary/aromatic N) is 2. The first-order valence-electron chi connectivity index (χ1n) is 9.55. The molecule has 1 aromatic heterocycles. The third-order valence-corrected chi connectivity index (χ3v) is 7.56. The zero-order chi connectivity index (χ0) is 21.9. The molecule has 0 spiro atoms. The zero-order valence-corrected chi connectivity index (χ0v) is 19.1. The Morgan fingerprint density at radius 2 is 1.77 bits per heavy atom. The minimum Gasteiger partial charge on any atom is -0.487 e. The van der Waals surface area contributed by atoms with Crippen LogP contribution >= 0.6 is 11.3 Å². The summed E-state index contributed by atoms with van der Waals surface area (Å²) in [6, 6.07) is 13.1. The van der Waals surface area contributed by atoms with Gasteiger partial charge in [-0.1, -0.05) is 35.9 Å². The number of hydrogen-bond donors (Lipinski definition) is 0. The first kappa shape index (κ1) is 22.2. The van der Waals surface area contributed by atoms with Gasteiger partial charge in [0.1, 0.15) is 18.5 Å². The lowest BCUT2D eigenvalue weighted by Gasteiger charge is -2.26. The van der Waals surface area contributed by atoms with Crippen LogP contribution in [0.15, 0.2) is 52.2 Å². The molecule has 160 valence electrons. The summed E-state index contributed by atoms with van der Waals surface area (Å²) in [5.74, 6) is 0.382. The number of benzene rings is 2. The lowest BCUT2D eigenvalue weighted by atomic mass is 10.1. The highest BCUT2D eigenvalue weighted by Crippen LogP contribution is 2.35. The molecule has 0 amide bonds. The number of aromatic nitrogens is 1. The van der Waals surface area contributed by atoms with Gasteiger partial charge in [-0.3, -0.25) is 4.31 Å². The quantitative estimate of drug-likeness (QED) is 0.475. The number of rotatable bonds is 8. The van der Waals surface area contributed by atoms with Crippen molar-refractivity contribution < 1.29 is 17.5 Å². The fourth-order valence-electron chi connectivity index (χ4n) is 2.89. The van der Waals surface area contributed by atoms with E-state index in [1.165, 1.54) is 6.92 Å². The van der Waals surface area contributed by atoms with Gasteiger partial charge in [-0.05, 0) is 51.0 Å². The molecule has 0 aliphatic carbocycles. The number of anilines is 1. The van der Waals surface area contributed by atoms with Crippen molar-refractivity contribution in [2.45, 2.75) is 44.8 Å². The molecule has 0 N–H and O–H groups in total. The van der Waals surface area contributed by atoms with Crippen LogP contribution in [-0.4, -0.2) is 26.1 Å². The van der Waals surface area contributed by atoms with Gasteiger partial charge in [0.2, 0.25) is 4.34 Å². The Morgan fingerprint density at radius 3 is 2.37 bits per heavy atom. The highest BCUT2D eigenvalue weighted by atomic mass is 32.2. The SMILES string of the molecule is Cc1ccc(COc2cc(C)ccc2N(CC(C)F)S(=O)(=O)c2nc(C)cs2)cc1. The van der Waals surface area contributed by atoms with Crippen molar-refractivity contribution in [1.29, 1.82) is 0 Å². The molecular weight excluding hydrogens is 423 g/mol. The van der Waals surface area contributed by atoms with Crippen molar-refractivity contribution in [3.63, 3.8) is 0 Å². The molecule has 1 heterocycles. The number of aryl methyl sites for hydroxylation is 3. The normalized spacial score (nSPS) is 12.6. The Labute approximate surface area is 181 Å². The van der Waals surface area contributed by atoms with Gasteiger partial charge in [0, 0.05) is 11.1 Å². The standard InChI is InChI=1S/C22H25FN2O3S2/c1-15-5-8-19(9-6-15)13-28-21-11-16(2)7-10-20(21)25(12-17(3)23)30(26,27)22-24-18(4)14-29-22/h5-11,14,17H,12-13H2,1-4H3. The monoisotopic (exact) mass is 448 g/mol. The summed E-state index contributed by atoms with van der Waals surface area (Å²) in [7, 11) is -4.03. The highest BCUT2D eigenvalue weighted by molar-refractivity contribution is 7.94. The van der Waals surface area contributed by atoms with E-state index in [9.17, 15) is 12.8 Å². The predicted octanol–water partition coefficient (Wildman–Crippen LogP) is 5.20. The van der Waals surface area contributed by atoms with Gasteiger partial charge in [0.25, 0.3) is 10.0 Å². The van der Waals surface area contributed by atoms with Crippen LogP contribution in [0.1, 0.15) is 29.3 Å². The molecule has 3 rings (SSSR count). The van der Waals surface area contributed by atoms with Crippen molar-refractivity contribution in [2.75, 3.05) is 10.8 Å². The first-order valence-corrected chi connectivity index (χ1v) is 11.9. The van der Waals surface area contributed by atoms with Crippen LogP contribution in [0.4, 0.5) is 10.1 Å². The van der Waals surface area contributed by atoms with E-state index in [4.69, 9.17) is 4.74 Å². The van der Waals surface area contributed by atoms with Gasteiger partial charge in [-0.2, -0.15) is 8.42 Å². The van der Waals surface area contributed by atoms with Crippen LogP contribution in [-0.2, 0) is 16.6 Å². The fourth-order valence-corrected chi connectivity index (χ4v) is 5.57. The van der Waals surface area contributed by atoms with E-state index >= 15 is 0 Å².